The van der Waals surface area contributed by atoms with Gasteiger partial charge in [0, 0.05) is 18.0 Å². The Morgan fingerprint density at radius 2 is 1.95 bits per heavy atom. The molecular weight excluding hydrogens is 238 g/mol. The summed E-state index contributed by atoms with van der Waals surface area (Å²) in [4.78, 5) is 0. The molecule has 0 aromatic heterocycles. The SMILES string of the molecule is COc1ccc(C)cc1C(CN)C(O)CC(C)(C)C. The van der Waals surface area contributed by atoms with Gasteiger partial charge in [0.1, 0.15) is 5.75 Å². The zero-order valence-electron chi connectivity index (χ0n) is 12.7. The Bertz CT molecular complexity index is 410. The lowest BCUT2D eigenvalue weighted by Crippen LogP contribution is -2.30. The molecule has 1 aromatic rings. The van der Waals surface area contributed by atoms with Crippen molar-refractivity contribution in [2.24, 2.45) is 11.1 Å². The van der Waals surface area contributed by atoms with Gasteiger partial charge in [-0.3, -0.25) is 0 Å². The van der Waals surface area contributed by atoms with Crippen LogP contribution in [0.4, 0.5) is 0 Å². The molecule has 0 saturated carbocycles. The van der Waals surface area contributed by atoms with Crippen molar-refractivity contribution in [3.05, 3.63) is 29.3 Å². The summed E-state index contributed by atoms with van der Waals surface area (Å²) in [6.45, 7) is 8.82. The highest BCUT2D eigenvalue weighted by atomic mass is 16.5. The first kappa shape index (κ1) is 16.0. The van der Waals surface area contributed by atoms with Gasteiger partial charge in [0.05, 0.1) is 13.2 Å². The molecule has 3 N–H and O–H groups in total. The van der Waals surface area contributed by atoms with Crippen molar-refractivity contribution in [2.75, 3.05) is 13.7 Å². The number of hydrogen-bond acceptors (Lipinski definition) is 3. The number of ether oxygens (including phenoxy) is 1. The number of aryl methyl sites for hydroxylation is 1. The maximum absolute atomic E-state index is 10.5. The molecular formula is C16H27NO2. The van der Waals surface area contributed by atoms with Gasteiger partial charge in [-0.1, -0.05) is 38.5 Å². The van der Waals surface area contributed by atoms with E-state index in [0.29, 0.717) is 13.0 Å². The third-order valence-corrected chi connectivity index (χ3v) is 3.32. The molecule has 0 aliphatic heterocycles. The summed E-state index contributed by atoms with van der Waals surface area (Å²) >= 11 is 0. The fraction of sp³-hybridized carbons (Fsp3) is 0.625. The van der Waals surface area contributed by atoms with Gasteiger partial charge in [0.2, 0.25) is 0 Å². The largest absolute Gasteiger partial charge is 0.496 e. The fourth-order valence-corrected chi connectivity index (χ4v) is 2.40. The zero-order valence-corrected chi connectivity index (χ0v) is 12.7. The first-order valence-corrected chi connectivity index (χ1v) is 6.81. The van der Waals surface area contributed by atoms with Crippen LogP contribution in [-0.2, 0) is 0 Å². The van der Waals surface area contributed by atoms with Gasteiger partial charge in [-0.2, -0.15) is 0 Å². The van der Waals surface area contributed by atoms with Crippen LogP contribution in [0.25, 0.3) is 0 Å². The van der Waals surface area contributed by atoms with E-state index >= 15 is 0 Å². The van der Waals surface area contributed by atoms with Crippen LogP contribution in [0.5, 0.6) is 5.75 Å². The number of nitrogens with two attached hydrogens (primary N) is 1. The molecule has 0 amide bonds. The number of hydrogen-bond donors (Lipinski definition) is 2. The molecule has 0 aliphatic carbocycles. The molecule has 0 aliphatic rings. The standard InChI is InChI=1S/C16H27NO2/c1-11-6-7-15(19-5)12(8-11)13(10-17)14(18)9-16(2,3)4/h6-8,13-14,18H,9-10,17H2,1-5H3. The van der Waals surface area contributed by atoms with Crippen LogP contribution in [-0.4, -0.2) is 24.9 Å². The van der Waals surface area contributed by atoms with Crippen LogP contribution in [0.2, 0.25) is 0 Å². The summed E-state index contributed by atoms with van der Waals surface area (Å²) in [7, 11) is 1.65. The van der Waals surface area contributed by atoms with Crippen LogP contribution >= 0.6 is 0 Å². The Kier molecular flexibility index (Phi) is 5.39. The molecule has 19 heavy (non-hydrogen) atoms. The quantitative estimate of drug-likeness (QED) is 0.860. The summed E-state index contributed by atoms with van der Waals surface area (Å²) in [6.07, 6.45) is 0.257. The van der Waals surface area contributed by atoms with Gasteiger partial charge in [-0.25, -0.2) is 0 Å². The monoisotopic (exact) mass is 265 g/mol. The van der Waals surface area contributed by atoms with Crippen LogP contribution in [0, 0.1) is 12.3 Å². The van der Waals surface area contributed by atoms with E-state index in [4.69, 9.17) is 10.5 Å². The topological polar surface area (TPSA) is 55.5 Å². The van der Waals surface area contributed by atoms with Crippen LogP contribution in [0.1, 0.15) is 44.2 Å². The van der Waals surface area contributed by atoms with Gasteiger partial charge in [-0.15, -0.1) is 0 Å². The average Bonchev–Trinajstić information content (AvgIpc) is 2.28. The summed E-state index contributed by atoms with van der Waals surface area (Å²) in [5.41, 5.74) is 8.11. The molecule has 0 heterocycles. The second-order valence-corrected chi connectivity index (χ2v) is 6.42. The van der Waals surface area contributed by atoms with E-state index in [9.17, 15) is 5.11 Å². The molecule has 108 valence electrons. The van der Waals surface area contributed by atoms with Crippen molar-refractivity contribution < 1.29 is 9.84 Å². The van der Waals surface area contributed by atoms with Crippen molar-refractivity contribution in [1.82, 2.24) is 0 Å². The van der Waals surface area contributed by atoms with E-state index in [0.717, 1.165) is 16.9 Å². The third-order valence-electron chi connectivity index (χ3n) is 3.32. The zero-order chi connectivity index (χ0) is 14.6. The molecule has 0 spiro atoms. The van der Waals surface area contributed by atoms with E-state index in [1.807, 2.05) is 19.1 Å². The van der Waals surface area contributed by atoms with Gasteiger partial charge in [0.15, 0.2) is 0 Å². The second-order valence-electron chi connectivity index (χ2n) is 6.42. The Morgan fingerprint density at radius 1 is 1.32 bits per heavy atom. The number of aliphatic hydroxyl groups is 1. The Hall–Kier alpha value is -1.06. The number of rotatable bonds is 5. The minimum atomic E-state index is -0.458. The van der Waals surface area contributed by atoms with Gasteiger partial charge in [0.25, 0.3) is 0 Å². The number of methoxy groups -OCH3 is 1. The summed E-state index contributed by atoms with van der Waals surface area (Å²) in [5.74, 6) is 0.711. The van der Waals surface area contributed by atoms with E-state index in [1.54, 1.807) is 7.11 Å². The molecule has 3 nitrogen and oxygen atoms in total. The van der Waals surface area contributed by atoms with E-state index in [-0.39, 0.29) is 11.3 Å². The van der Waals surface area contributed by atoms with E-state index in [2.05, 4.69) is 26.8 Å². The first-order valence-electron chi connectivity index (χ1n) is 6.81. The smallest absolute Gasteiger partial charge is 0.122 e. The molecule has 3 heteroatoms. The van der Waals surface area contributed by atoms with Crippen molar-refractivity contribution in [1.29, 1.82) is 0 Å². The van der Waals surface area contributed by atoms with Crippen molar-refractivity contribution in [2.45, 2.75) is 46.1 Å². The molecule has 1 aromatic carbocycles. The van der Waals surface area contributed by atoms with Crippen molar-refractivity contribution in [3.8, 4) is 5.75 Å². The van der Waals surface area contributed by atoms with Crippen LogP contribution < -0.4 is 10.5 Å². The Morgan fingerprint density at radius 3 is 2.42 bits per heavy atom. The first-order chi connectivity index (χ1) is 8.78. The van der Waals surface area contributed by atoms with Crippen LogP contribution in [0.15, 0.2) is 18.2 Å². The van der Waals surface area contributed by atoms with Crippen LogP contribution in [0.3, 0.4) is 0 Å². The summed E-state index contributed by atoms with van der Waals surface area (Å²) in [6, 6.07) is 6.01. The van der Waals surface area contributed by atoms with Gasteiger partial charge in [-0.05, 0) is 24.8 Å². The Balaban J connectivity index is 3.05. The van der Waals surface area contributed by atoms with Gasteiger partial charge < -0.3 is 15.6 Å². The van der Waals surface area contributed by atoms with Crippen molar-refractivity contribution in [3.63, 3.8) is 0 Å². The highest BCUT2D eigenvalue weighted by Crippen LogP contribution is 2.33. The molecule has 1 rings (SSSR count). The highest BCUT2D eigenvalue weighted by molar-refractivity contribution is 5.40. The summed E-state index contributed by atoms with van der Waals surface area (Å²) < 4.78 is 5.40. The highest BCUT2D eigenvalue weighted by Gasteiger charge is 2.27. The van der Waals surface area contributed by atoms with Gasteiger partial charge >= 0.3 is 0 Å². The maximum atomic E-state index is 10.5. The number of aliphatic hydroxyl groups excluding tert-OH is 1. The summed E-state index contributed by atoms with van der Waals surface area (Å²) in [5, 5.41) is 10.5. The molecule has 0 saturated heterocycles. The fourth-order valence-electron chi connectivity index (χ4n) is 2.40. The number of benzene rings is 1. The molecule has 0 bridgehead atoms. The predicted molar refractivity (Wildman–Crippen MR) is 79.6 cm³/mol. The van der Waals surface area contributed by atoms with E-state index in [1.165, 1.54) is 0 Å². The average molecular weight is 265 g/mol. The van der Waals surface area contributed by atoms with Crippen molar-refractivity contribution >= 4 is 0 Å². The molecule has 0 radical (unpaired) electrons. The molecule has 2 unspecified atom stereocenters. The lowest BCUT2D eigenvalue weighted by molar-refractivity contribution is 0.0963. The molecule has 2 atom stereocenters. The molecule has 0 fully saturated rings. The second kappa shape index (κ2) is 6.40. The third kappa shape index (κ3) is 4.51. The normalized spacial score (nSPS) is 15.1. The van der Waals surface area contributed by atoms with E-state index < -0.39 is 6.10 Å². The predicted octanol–water partition coefficient (Wildman–Crippen LogP) is 2.84. The minimum Gasteiger partial charge on any atom is -0.496 e. The Labute approximate surface area is 116 Å². The lowest BCUT2D eigenvalue weighted by Gasteiger charge is -2.29. The lowest BCUT2D eigenvalue weighted by atomic mass is 9.81. The maximum Gasteiger partial charge on any atom is 0.122 e. The minimum absolute atomic E-state index is 0.0733.